The molecule has 3 fully saturated rings. The topological polar surface area (TPSA) is 111 Å². The number of thioether (sulfide) groups is 1. The van der Waals surface area contributed by atoms with Crippen LogP contribution in [0, 0.1) is 11.8 Å². The smallest absolute Gasteiger partial charge is 0.248 e. The summed E-state index contributed by atoms with van der Waals surface area (Å²) in [5.41, 5.74) is 2.43. The fourth-order valence-electron chi connectivity index (χ4n) is 7.51. The minimum Gasteiger partial charge on any atom is -0.494 e. The SMILES string of the molecule is CCOc1ccc(NC(=O)[C@H]2[C@H]3C(=O)N(CCCCCO)C(C(=O)Nc4ccc(N(CC)CC)cc4)C34CC[C@]2(C)S4)cc1. The number of carbonyl (C=O) groups is 3. The molecule has 3 heterocycles. The molecular weight excluding hydrogens is 576 g/mol. The van der Waals surface area contributed by atoms with E-state index in [1.165, 1.54) is 0 Å². The number of aliphatic hydroxyl groups is 1. The number of aliphatic hydroxyl groups excluding tert-OH is 1. The molecule has 3 aliphatic heterocycles. The molecule has 2 bridgehead atoms. The minimum atomic E-state index is -0.688. The monoisotopic (exact) mass is 622 g/mol. The van der Waals surface area contributed by atoms with Crippen LogP contribution < -0.4 is 20.3 Å². The fraction of sp³-hybridized carbons (Fsp3) is 0.559. The second-order valence-corrected chi connectivity index (χ2v) is 14.1. The maximum Gasteiger partial charge on any atom is 0.248 e. The molecule has 10 heteroatoms. The molecule has 0 aliphatic carbocycles. The maximum absolute atomic E-state index is 14.3. The first kappa shape index (κ1) is 32.2. The van der Waals surface area contributed by atoms with Crippen molar-refractivity contribution >= 4 is 46.5 Å². The number of likely N-dealkylation sites (tertiary alicyclic amines) is 1. The number of hydrogen-bond acceptors (Lipinski definition) is 7. The van der Waals surface area contributed by atoms with Crippen molar-refractivity contribution in [1.82, 2.24) is 4.90 Å². The molecule has 5 rings (SSSR count). The first-order chi connectivity index (χ1) is 21.2. The van der Waals surface area contributed by atoms with Gasteiger partial charge in [0, 0.05) is 48.1 Å². The Labute approximate surface area is 265 Å². The Morgan fingerprint density at radius 1 is 0.955 bits per heavy atom. The molecule has 2 aromatic rings. The van der Waals surface area contributed by atoms with Crippen LogP contribution in [0.25, 0.3) is 0 Å². The Bertz CT molecular complexity index is 1330. The zero-order chi connectivity index (χ0) is 31.5. The predicted octanol–water partition coefficient (Wildman–Crippen LogP) is 5.15. The van der Waals surface area contributed by atoms with Crippen LogP contribution in [0.3, 0.4) is 0 Å². The Kier molecular flexibility index (Phi) is 9.80. The van der Waals surface area contributed by atoms with Crippen LogP contribution in [0.5, 0.6) is 5.75 Å². The van der Waals surface area contributed by atoms with Crippen molar-refractivity contribution in [2.45, 2.75) is 75.3 Å². The van der Waals surface area contributed by atoms with Crippen molar-refractivity contribution in [3.05, 3.63) is 48.5 Å². The van der Waals surface area contributed by atoms with Crippen LogP contribution in [0.2, 0.25) is 0 Å². The zero-order valence-corrected chi connectivity index (χ0v) is 27.1. The number of fused-ring (bicyclic) bond motifs is 1. The van der Waals surface area contributed by atoms with E-state index in [4.69, 9.17) is 4.74 Å². The fourth-order valence-corrected chi connectivity index (χ4v) is 9.87. The molecule has 0 saturated carbocycles. The van der Waals surface area contributed by atoms with Crippen molar-refractivity contribution in [3.8, 4) is 5.75 Å². The summed E-state index contributed by atoms with van der Waals surface area (Å²) in [6.07, 6.45) is 3.54. The molecule has 1 spiro atoms. The van der Waals surface area contributed by atoms with Crippen molar-refractivity contribution in [3.63, 3.8) is 0 Å². The van der Waals surface area contributed by atoms with E-state index in [1.807, 2.05) is 55.5 Å². The highest BCUT2D eigenvalue weighted by Crippen LogP contribution is 2.71. The van der Waals surface area contributed by atoms with Crippen LogP contribution in [0.4, 0.5) is 17.1 Å². The summed E-state index contributed by atoms with van der Waals surface area (Å²) in [7, 11) is 0. The molecule has 0 radical (unpaired) electrons. The first-order valence-corrected chi connectivity index (χ1v) is 16.8. The highest BCUT2D eigenvalue weighted by atomic mass is 32.2. The average molecular weight is 623 g/mol. The number of ether oxygens (including phenoxy) is 1. The molecule has 2 aromatic carbocycles. The van der Waals surface area contributed by atoms with Gasteiger partial charge in [-0.25, -0.2) is 0 Å². The molecule has 3 saturated heterocycles. The zero-order valence-electron chi connectivity index (χ0n) is 26.3. The first-order valence-electron chi connectivity index (χ1n) is 16.0. The number of anilines is 3. The van der Waals surface area contributed by atoms with Crippen LogP contribution in [0.15, 0.2) is 48.5 Å². The number of nitrogens with one attached hydrogen (secondary N) is 2. The Hall–Kier alpha value is -3.24. The van der Waals surface area contributed by atoms with E-state index in [0.29, 0.717) is 43.8 Å². The standard InChI is InChI=1S/C34H46N4O5S/c1-5-37(6-2)25-15-11-23(12-16-25)36-31(41)29-34-20-19-33(4,44-34)27(28(34)32(42)38(29)21-9-8-10-22-39)30(40)35-24-13-17-26(18-14-24)43-7-3/h11-18,27-29,39H,5-10,19-22H2,1-4H3,(H,35,40)(H,36,41)/t27-,28+,29?,33+,34?/m1/s1. The van der Waals surface area contributed by atoms with Crippen LogP contribution in [0.1, 0.15) is 59.8 Å². The highest BCUT2D eigenvalue weighted by molar-refractivity contribution is 8.02. The van der Waals surface area contributed by atoms with E-state index in [2.05, 4.69) is 36.3 Å². The van der Waals surface area contributed by atoms with Gasteiger partial charge < -0.3 is 30.3 Å². The van der Waals surface area contributed by atoms with Gasteiger partial charge in [0.25, 0.3) is 0 Å². The predicted molar refractivity (Wildman–Crippen MR) is 176 cm³/mol. The van der Waals surface area contributed by atoms with E-state index in [0.717, 1.165) is 37.4 Å². The van der Waals surface area contributed by atoms with Gasteiger partial charge in [-0.2, -0.15) is 0 Å². The summed E-state index contributed by atoms with van der Waals surface area (Å²) in [6, 6.07) is 14.4. The van der Waals surface area contributed by atoms with Gasteiger partial charge in [0.15, 0.2) is 0 Å². The van der Waals surface area contributed by atoms with E-state index < -0.39 is 27.4 Å². The lowest BCUT2D eigenvalue weighted by Crippen LogP contribution is -2.51. The number of amides is 3. The van der Waals surface area contributed by atoms with Gasteiger partial charge in [0.1, 0.15) is 11.8 Å². The number of nitrogens with zero attached hydrogens (tertiary/aromatic N) is 2. The minimum absolute atomic E-state index is 0.0932. The van der Waals surface area contributed by atoms with E-state index in [1.54, 1.807) is 16.7 Å². The van der Waals surface area contributed by atoms with Crippen molar-refractivity contribution in [2.75, 3.05) is 48.4 Å². The Morgan fingerprint density at radius 3 is 2.20 bits per heavy atom. The van der Waals surface area contributed by atoms with Crippen LogP contribution in [-0.2, 0) is 14.4 Å². The van der Waals surface area contributed by atoms with Crippen molar-refractivity contribution in [1.29, 1.82) is 0 Å². The molecule has 0 aromatic heterocycles. The van der Waals surface area contributed by atoms with Crippen molar-refractivity contribution in [2.24, 2.45) is 11.8 Å². The van der Waals surface area contributed by atoms with Gasteiger partial charge in [-0.15, -0.1) is 11.8 Å². The highest BCUT2D eigenvalue weighted by Gasteiger charge is 2.77. The number of rotatable bonds is 14. The molecule has 238 valence electrons. The largest absolute Gasteiger partial charge is 0.494 e. The third-order valence-corrected chi connectivity index (χ3v) is 11.5. The molecule has 3 N–H and O–H groups in total. The molecular formula is C34H46N4O5S. The summed E-state index contributed by atoms with van der Waals surface area (Å²) in [4.78, 5) is 46.4. The van der Waals surface area contributed by atoms with Gasteiger partial charge >= 0.3 is 0 Å². The molecule has 9 nitrogen and oxygen atoms in total. The lowest BCUT2D eigenvalue weighted by Gasteiger charge is -2.35. The van der Waals surface area contributed by atoms with E-state index in [9.17, 15) is 19.5 Å². The number of carbonyl (C=O) groups excluding carboxylic acids is 3. The van der Waals surface area contributed by atoms with Crippen LogP contribution in [-0.4, -0.2) is 76.1 Å². The van der Waals surface area contributed by atoms with E-state index in [-0.39, 0.29) is 24.3 Å². The second kappa shape index (κ2) is 13.4. The van der Waals surface area contributed by atoms with E-state index >= 15 is 0 Å². The molecule has 3 aliphatic rings. The van der Waals surface area contributed by atoms with Crippen molar-refractivity contribution < 1.29 is 24.2 Å². The third kappa shape index (κ3) is 5.90. The Morgan fingerprint density at radius 2 is 1.59 bits per heavy atom. The van der Waals surface area contributed by atoms with Crippen LogP contribution >= 0.6 is 11.8 Å². The lowest BCUT2D eigenvalue weighted by atomic mass is 9.66. The molecule has 2 unspecified atom stereocenters. The Balaban J connectivity index is 1.41. The summed E-state index contributed by atoms with van der Waals surface area (Å²) < 4.78 is 4.39. The van der Waals surface area contributed by atoms with Gasteiger partial charge in [-0.3, -0.25) is 14.4 Å². The average Bonchev–Trinajstić information content (AvgIpc) is 3.58. The molecule has 5 atom stereocenters. The summed E-state index contributed by atoms with van der Waals surface area (Å²) >= 11 is 1.67. The summed E-state index contributed by atoms with van der Waals surface area (Å²) in [6.45, 7) is 11.1. The third-order valence-electron chi connectivity index (χ3n) is 9.56. The quantitative estimate of drug-likeness (QED) is 0.250. The summed E-state index contributed by atoms with van der Waals surface area (Å²) in [5.74, 6) is -0.931. The normalized spacial score (nSPS) is 26.9. The van der Waals surface area contributed by atoms with Gasteiger partial charge in [0.2, 0.25) is 17.7 Å². The lowest BCUT2D eigenvalue weighted by molar-refractivity contribution is -0.139. The maximum atomic E-state index is 14.3. The second-order valence-electron chi connectivity index (χ2n) is 12.2. The molecule has 44 heavy (non-hydrogen) atoms. The van der Waals surface area contributed by atoms with Gasteiger partial charge in [-0.05, 0) is 108 Å². The number of benzene rings is 2. The number of hydrogen-bond donors (Lipinski definition) is 3. The molecule has 3 amide bonds. The number of unbranched alkanes of at least 4 members (excludes halogenated alkanes) is 2. The van der Waals surface area contributed by atoms with Gasteiger partial charge in [-0.1, -0.05) is 0 Å². The summed E-state index contributed by atoms with van der Waals surface area (Å²) in [5, 5.41) is 15.5. The van der Waals surface area contributed by atoms with Gasteiger partial charge in [0.05, 0.1) is 23.2 Å².